The number of aliphatic hydroxyl groups is 2. The molecule has 0 spiro atoms. The highest BCUT2D eigenvalue weighted by Crippen LogP contribution is 2.36. The fraction of sp³-hybridized carbons (Fsp3) is 0.500. The van der Waals surface area contributed by atoms with E-state index in [-0.39, 0.29) is 24.2 Å². The van der Waals surface area contributed by atoms with Gasteiger partial charge in [-0.25, -0.2) is 0 Å². The molecule has 0 aliphatic carbocycles. The molecular weight excluding hydrogens is 284 g/mol. The molecule has 0 aromatic heterocycles. The molecule has 0 aliphatic heterocycles. The van der Waals surface area contributed by atoms with Gasteiger partial charge < -0.3 is 14.9 Å². The van der Waals surface area contributed by atoms with Gasteiger partial charge in [0, 0.05) is 37.7 Å². The first-order valence-electron chi connectivity index (χ1n) is 6.13. The van der Waals surface area contributed by atoms with Gasteiger partial charge in [0.15, 0.2) is 0 Å². The summed E-state index contributed by atoms with van der Waals surface area (Å²) in [5, 5.41) is 40.6. The molecule has 9 nitrogen and oxygen atoms in total. The molecule has 1 aromatic carbocycles. The van der Waals surface area contributed by atoms with Crippen LogP contribution in [0.25, 0.3) is 0 Å². The van der Waals surface area contributed by atoms with Gasteiger partial charge in [0.05, 0.1) is 23.1 Å². The van der Waals surface area contributed by atoms with Gasteiger partial charge in [0.2, 0.25) is 0 Å². The van der Waals surface area contributed by atoms with E-state index in [0.717, 1.165) is 6.07 Å². The molecule has 9 heteroatoms. The monoisotopic (exact) mass is 300 g/mol. The average Bonchev–Trinajstić information content (AvgIpc) is 2.44. The second kappa shape index (κ2) is 7.62. The number of hydrogen-bond acceptors (Lipinski definition) is 7. The first-order chi connectivity index (χ1) is 9.97. The van der Waals surface area contributed by atoms with E-state index >= 15 is 0 Å². The smallest absolute Gasteiger partial charge is 0.283 e. The molecule has 0 radical (unpaired) electrons. The van der Waals surface area contributed by atoms with Gasteiger partial charge >= 0.3 is 0 Å². The van der Waals surface area contributed by atoms with Crippen LogP contribution in [0.2, 0.25) is 0 Å². The van der Waals surface area contributed by atoms with Crippen molar-refractivity contribution in [1.82, 2.24) is 0 Å². The molecule has 116 valence electrons. The zero-order valence-electron chi connectivity index (χ0n) is 11.4. The average molecular weight is 300 g/mol. The minimum absolute atomic E-state index is 0.0354. The van der Waals surface area contributed by atoms with Crippen LogP contribution in [0, 0.1) is 20.2 Å². The Balaban J connectivity index is 3.55. The van der Waals surface area contributed by atoms with Gasteiger partial charge in [-0.2, -0.15) is 0 Å². The number of nitro benzene ring substituents is 2. The molecule has 0 heterocycles. The van der Waals surface area contributed by atoms with Gasteiger partial charge in [-0.1, -0.05) is 0 Å². The van der Waals surface area contributed by atoms with Crippen LogP contribution >= 0.6 is 0 Å². The largest absolute Gasteiger partial charge is 0.396 e. The SMILES string of the molecule is COCC(CO)c1ccc([N+](=O)[O-])c(CCO)c1[N+](=O)[O-]. The van der Waals surface area contributed by atoms with Crippen molar-refractivity contribution in [2.24, 2.45) is 0 Å². The lowest BCUT2D eigenvalue weighted by molar-refractivity contribution is -0.396. The molecule has 21 heavy (non-hydrogen) atoms. The van der Waals surface area contributed by atoms with Crippen molar-refractivity contribution in [1.29, 1.82) is 0 Å². The second-order valence-electron chi connectivity index (χ2n) is 4.32. The van der Waals surface area contributed by atoms with E-state index in [1.54, 1.807) is 0 Å². The van der Waals surface area contributed by atoms with Gasteiger partial charge in [-0.15, -0.1) is 0 Å². The summed E-state index contributed by atoms with van der Waals surface area (Å²) in [5.41, 5.74) is -0.874. The van der Waals surface area contributed by atoms with Crippen LogP contribution in [0.4, 0.5) is 11.4 Å². The second-order valence-corrected chi connectivity index (χ2v) is 4.32. The number of rotatable bonds is 8. The molecule has 1 rings (SSSR count). The number of hydrogen-bond donors (Lipinski definition) is 2. The van der Waals surface area contributed by atoms with Gasteiger partial charge in [-0.3, -0.25) is 20.2 Å². The van der Waals surface area contributed by atoms with Crippen molar-refractivity contribution in [3.05, 3.63) is 43.5 Å². The molecule has 1 aromatic rings. The molecule has 0 fully saturated rings. The first-order valence-corrected chi connectivity index (χ1v) is 6.13. The Morgan fingerprint density at radius 1 is 1.24 bits per heavy atom. The topological polar surface area (TPSA) is 136 Å². The Bertz CT molecular complexity index is 533. The quantitative estimate of drug-likeness (QED) is 0.534. The normalized spacial score (nSPS) is 12.1. The lowest BCUT2D eigenvalue weighted by atomic mass is 9.94. The Morgan fingerprint density at radius 3 is 2.33 bits per heavy atom. The fourth-order valence-corrected chi connectivity index (χ4v) is 2.16. The summed E-state index contributed by atoms with van der Waals surface area (Å²) >= 11 is 0. The van der Waals surface area contributed by atoms with Gasteiger partial charge in [0.25, 0.3) is 11.4 Å². The van der Waals surface area contributed by atoms with Crippen LogP contribution in [-0.2, 0) is 11.2 Å². The number of nitrogens with zero attached hydrogens (tertiary/aromatic N) is 2. The van der Waals surface area contributed by atoms with E-state index in [1.165, 1.54) is 13.2 Å². The summed E-state index contributed by atoms with van der Waals surface area (Å²) in [7, 11) is 1.38. The summed E-state index contributed by atoms with van der Waals surface area (Å²) < 4.78 is 4.90. The number of benzene rings is 1. The fourth-order valence-electron chi connectivity index (χ4n) is 2.16. The van der Waals surface area contributed by atoms with Gasteiger partial charge in [0.1, 0.15) is 5.56 Å². The van der Waals surface area contributed by atoms with Crippen molar-refractivity contribution in [3.63, 3.8) is 0 Å². The van der Waals surface area contributed by atoms with Crippen LogP contribution < -0.4 is 0 Å². The standard InChI is InChI=1S/C12H16N2O7/c1-21-7-8(6-16)9-2-3-11(13(17)18)10(4-5-15)12(9)14(19)20/h2-3,8,15-16H,4-7H2,1H3. The Morgan fingerprint density at radius 2 is 1.90 bits per heavy atom. The van der Waals surface area contributed by atoms with Crippen molar-refractivity contribution in [2.45, 2.75) is 12.3 Å². The van der Waals surface area contributed by atoms with Gasteiger partial charge in [-0.05, 0) is 6.07 Å². The van der Waals surface area contributed by atoms with Crippen LogP contribution in [-0.4, -0.2) is 47.0 Å². The molecule has 0 saturated carbocycles. The zero-order chi connectivity index (χ0) is 16.0. The molecular formula is C12H16N2O7. The molecule has 1 unspecified atom stereocenters. The minimum Gasteiger partial charge on any atom is -0.396 e. The highest BCUT2D eigenvalue weighted by molar-refractivity contribution is 5.59. The van der Waals surface area contributed by atoms with Crippen molar-refractivity contribution in [2.75, 3.05) is 26.9 Å². The summed E-state index contributed by atoms with van der Waals surface area (Å²) in [6.45, 7) is -0.821. The third-order valence-corrected chi connectivity index (χ3v) is 3.06. The lowest BCUT2D eigenvalue weighted by Gasteiger charge is -2.15. The lowest BCUT2D eigenvalue weighted by Crippen LogP contribution is -2.15. The maximum atomic E-state index is 11.3. The summed E-state index contributed by atoms with van der Waals surface area (Å²) in [4.78, 5) is 20.8. The molecule has 1 atom stereocenters. The van der Waals surface area contributed by atoms with Crippen LogP contribution in [0.5, 0.6) is 0 Å². The molecule has 0 aliphatic rings. The maximum absolute atomic E-state index is 11.3. The first kappa shape index (κ1) is 17.0. The van der Waals surface area contributed by atoms with Crippen LogP contribution in [0.1, 0.15) is 17.0 Å². The summed E-state index contributed by atoms with van der Waals surface area (Å²) in [5.74, 6) is -0.673. The number of methoxy groups -OCH3 is 1. The number of nitro groups is 2. The Labute approximate surface area is 120 Å². The molecule has 0 bridgehead atoms. The Kier molecular flexibility index (Phi) is 6.15. The minimum atomic E-state index is -0.731. The predicted molar refractivity (Wildman–Crippen MR) is 72.2 cm³/mol. The maximum Gasteiger partial charge on any atom is 0.283 e. The number of ether oxygens (including phenoxy) is 1. The van der Waals surface area contributed by atoms with E-state index < -0.39 is 40.4 Å². The van der Waals surface area contributed by atoms with Crippen molar-refractivity contribution >= 4 is 11.4 Å². The highest BCUT2D eigenvalue weighted by atomic mass is 16.6. The zero-order valence-corrected chi connectivity index (χ0v) is 11.4. The highest BCUT2D eigenvalue weighted by Gasteiger charge is 2.31. The summed E-state index contributed by atoms with van der Waals surface area (Å²) in [6, 6.07) is 2.39. The van der Waals surface area contributed by atoms with E-state index in [1.807, 2.05) is 0 Å². The van der Waals surface area contributed by atoms with E-state index in [0.29, 0.717) is 0 Å². The van der Waals surface area contributed by atoms with Crippen LogP contribution in [0.15, 0.2) is 12.1 Å². The van der Waals surface area contributed by atoms with Crippen molar-refractivity contribution in [3.8, 4) is 0 Å². The van der Waals surface area contributed by atoms with E-state index in [2.05, 4.69) is 0 Å². The molecule has 2 N–H and O–H groups in total. The third kappa shape index (κ3) is 3.72. The predicted octanol–water partition coefficient (Wildman–Crippen LogP) is 0.760. The molecule has 0 amide bonds. The Hall–Kier alpha value is -2.10. The van der Waals surface area contributed by atoms with Crippen molar-refractivity contribution < 1.29 is 24.8 Å². The molecule has 0 saturated heterocycles. The van der Waals surface area contributed by atoms with Crippen LogP contribution in [0.3, 0.4) is 0 Å². The van der Waals surface area contributed by atoms with E-state index in [9.17, 15) is 25.3 Å². The summed E-state index contributed by atoms with van der Waals surface area (Å²) in [6.07, 6.45) is -0.217. The van der Waals surface area contributed by atoms with E-state index in [4.69, 9.17) is 9.84 Å². The third-order valence-electron chi connectivity index (χ3n) is 3.06. The number of aliphatic hydroxyl groups excluding tert-OH is 2.